The number of aliphatic carboxylic acids is 1. The van der Waals surface area contributed by atoms with Crippen LogP contribution in [0.15, 0.2) is 17.3 Å². The molecule has 118 valence electrons. The first-order chi connectivity index (χ1) is 9.97. The summed E-state index contributed by atoms with van der Waals surface area (Å²) in [6.07, 6.45) is 4.35. The van der Waals surface area contributed by atoms with Gasteiger partial charge in [0, 0.05) is 19.3 Å². The summed E-state index contributed by atoms with van der Waals surface area (Å²) in [7, 11) is -3.61. The minimum atomic E-state index is -3.61. The molecule has 1 aliphatic rings. The zero-order valence-corrected chi connectivity index (χ0v) is 12.4. The smallest absolute Gasteiger partial charge is 0.305 e. The Morgan fingerprint density at radius 1 is 1.57 bits per heavy atom. The van der Waals surface area contributed by atoms with Crippen molar-refractivity contribution in [3.63, 3.8) is 0 Å². The van der Waals surface area contributed by atoms with Crippen LogP contribution in [0.3, 0.4) is 0 Å². The van der Waals surface area contributed by atoms with Crippen molar-refractivity contribution in [1.82, 2.24) is 14.5 Å². The predicted molar refractivity (Wildman–Crippen MR) is 73.2 cm³/mol. The molecule has 0 amide bonds. The second-order valence-corrected chi connectivity index (χ2v) is 6.78. The van der Waals surface area contributed by atoms with E-state index in [0.29, 0.717) is 13.2 Å². The summed E-state index contributed by atoms with van der Waals surface area (Å²) >= 11 is 0. The van der Waals surface area contributed by atoms with E-state index in [4.69, 9.17) is 9.84 Å². The van der Waals surface area contributed by atoms with Gasteiger partial charge < -0.3 is 9.84 Å². The Hall–Kier alpha value is -1.45. The highest BCUT2D eigenvalue weighted by atomic mass is 32.2. The van der Waals surface area contributed by atoms with Crippen molar-refractivity contribution >= 4 is 16.0 Å². The highest BCUT2D eigenvalue weighted by Crippen LogP contribution is 2.14. The van der Waals surface area contributed by atoms with E-state index in [1.54, 1.807) is 0 Å². The summed E-state index contributed by atoms with van der Waals surface area (Å²) in [4.78, 5) is 10.5. The van der Waals surface area contributed by atoms with E-state index in [1.807, 2.05) is 0 Å². The van der Waals surface area contributed by atoms with Crippen molar-refractivity contribution in [2.24, 2.45) is 5.92 Å². The second kappa shape index (κ2) is 7.01. The molecule has 0 aliphatic carbocycles. The van der Waals surface area contributed by atoms with Crippen LogP contribution in [0.5, 0.6) is 0 Å². The standard InChI is InChI=1S/C12H19N3O5S/c16-12(17)3-4-15-8-11(7-13-15)21(18,19)14-6-10-2-1-5-20-9-10/h7-8,10,14H,1-6,9H2,(H,16,17). The SMILES string of the molecule is O=C(O)CCn1cc(S(=O)(=O)NCC2CCCOC2)cn1. The van der Waals surface area contributed by atoms with Crippen molar-refractivity contribution in [3.05, 3.63) is 12.4 Å². The predicted octanol–water partition coefficient (Wildman–Crippen LogP) is 0.0627. The Balaban J connectivity index is 1.90. The van der Waals surface area contributed by atoms with Crippen LogP contribution in [0.25, 0.3) is 0 Å². The Kier molecular flexibility index (Phi) is 5.32. The number of aromatic nitrogens is 2. The highest BCUT2D eigenvalue weighted by Gasteiger charge is 2.20. The molecule has 1 fully saturated rings. The number of carboxylic acid groups (broad SMARTS) is 1. The molecule has 0 bridgehead atoms. The quantitative estimate of drug-likeness (QED) is 0.736. The number of nitrogens with zero attached hydrogens (tertiary/aromatic N) is 2. The molecule has 1 aromatic heterocycles. The third kappa shape index (κ3) is 4.80. The van der Waals surface area contributed by atoms with Crippen LogP contribution in [-0.4, -0.2) is 49.0 Å². The summed E-state index contributed by atoms with van der Waals surface area (Å²) in [6, 6.07) is 0. The van der Waals surface area contributed by atoms with Gasteiger partial charge in [-0.15, -0.1) is 0 Å². The first-order valence-corrected chi connectivity index (χ1v) is 8.27. The van der Waals surface area contributed by atoms with Gasteiger partial charge in [-0.25, -0.2) is 13.1 Å². The molecule has 1 aromatic rings. The molecule has 1 unspecified atom stereocenters. The van der Waals surface area contributed by atoms with Gasteiger partial charge in [-0.3, -0.25) is 9.48 Å². The maximum absolute atomic E-state index is 12.1. The van der Waals surface area contributed by atoms with Crippen LogP contribution in [0.2, 0.25) is 0 Å². The lowest BCUT2D eigenvalue weighted by atomic mass is 10.0. The van der Waals surface area contributed by atoms with Crippen LogP contribution in [0.4, 0.5) is 0 Å². The molecule has 21 heavy (non-hydrogen) atoms. The fourth-order valence-corrected chi connectivity index (χ4v) is 3.16. The third-order valence-corrected chi connectivity index (χ3v) is 4.67. The number of hydrogen-bond donors (Lipinski definition) is 2. The molecule has 0 aromatic carbocycles. The number of ether oxygens (including phenoxy) is 1. The number of carbonyl (C=O) groups is 1. The Morgan fingerprint density at radius 2 is 2.38 bits per heavy atom. The molecule has 8 nitrogen and oxygen atoms in total. The summed E-state index contributed by atoms with van der Waals surface area (Å²) in [6.45, 7) is 1.78. The summed E-state index contributed by atoms with van der Waals surface area (Å²) in [5, 5.41) is 12.4. The van der Waals surface area contributed by atoms with Crippen LogP contribution in [0.1, 0.15) is 19.3 Å². The maximum atomic E-state index is 12.1. The fraction of sp³-hybridized carbons (Fsp3) is 0.667. The molecule has 2 rings (SSSR count). The highest BCUT2D eigenvalue weighted by molar-refractivity contribution is 7.89. The third-order valence-electron chi connectivity index (χ3n) is 3.29. The van der Waals surface area contributed by atoms with Crippen LogP contribution in [0, 0.1) is 5.92 Å². The first kappa shape index (κ1) is 15.9. The molecule has 0 spiro atoms. The van der Waals surface area contributed by atoms with Crippen LogP contribution < -0.4 is 4.72 Å². The van der Waals surface area contributed by atoms with Crippen molar-refractivity contribution in [2.45, 2.75) is 30.7 Å². The van der Waals surface area contributed by atoms with Gasteiger partial charge in [-0.1, -0.05) is 0 Å². The van der Waals surface area contributed by atoms with Crippen molar-refractivity contribution < 1.29 is 23.1 Å². The summed E-state index contributed by atoms with van der Waals surface area (Å²) in [5.74, 6) is -0.763. The summed E-state index contributed by atoms with van der Waals surface area (Å²) < 4.78 is 33.4. The molecule has 2 N–H and O–H groups in total. The number of carboxylic acids is 1. The van der Waals surface area contributed by atoms with Gasteiger partial charge in [0.15, 0.2) is 0 Å². The van der Waals surface area contributed by atoms with Crippen molar-refractivity contribution in [2.75, 3.05) is 19.8 Å². The van der Waals surface area contributed by atoms with E-state index in [2.05, 4.69) is 9.82 Å². The number of hydrogen-bond acceptors (Lipinski definition) is 5. The molecular weight excluding hydrogens is 298 g/mol. The molecule has 2 heterocycles. The maximum Gasteiger partial charge on any atom is 0.305 e. The van der Waals surface area contributed by atoms with Crippen LogP contribution in [-0.2, 0) is 26.1 Å². The van der Waals surface area contributed by atoms with Gasteiger partial charge >= 0.3 is 5.97 Å². The van der Waals surface area contributed by atoms with Gasteiger partial charge in [0.25, 0.3) is 0 Å². The Bertz CT molecular complexity index is 577. The topological polar surface area (TPSA) is 111 Å². The fourth-order valence-electron chi connectivity index (χ4n) is 2.10. The van der Waals surface area contributed by atoms with Crippen LogP contribution >= 0.6 is 0 Å². The largest absolute Gasteiger partial charge is 0.481 e. The second-order valence-electron chi connectivity index (χ2n) is 5.02. The van der Waals surface area contributed by atoms with Crippen molar-refractivity contribution in [1.29, 1.82) is 0 Å². The van der Waals surface area contributed by atoms with Crippen molar-refractivity contribution in [3.8, 4) is 0 Å². The molecular formula is C12H19N3O5S. The number of nitrogens with one attached hydrogen (secondary N) is 1. The average molecular weight is 317 g/mol. The molecule has 0 radical (unpaired) electrons. The van der Waals surface area contributed by atoms with Gasteiger partial charge in [0.1, 0.15) is 4.90 Å². The van der Waals surface area contributed by atoms with Gasteiger partial charge in [0.05, 0.1) is 25.8 Å². The monoisotopic (exact) mass is 317 g/mol. The average Bonchev–Trinajstić information content (AvgIpc) is 2.94. The lowest BCUT2D eigenvalue weighted by molar-refractivity contribution is -0.137. The molecule has 0 saturated carbocycles. The molecule has 1 atom stereocenters. The zero-order valence-electron chi connectivity index (χ0n) is 11.6. The Morgan fingerprint density at radius 3 is 3.05 bits per heavy atom. The van der Waals surface area contributed by atoms with Gasteiger partial charge in [-0.2, -0.15) is 5.10 Å². The van der Waals surface area contributed by atoms with Gasteiger partial charge in [0.2, 0.25) is 10.0 Å². The van der Waals surface area contributed by atoms with E-state index >= 15 is 0 Å². The van der Waals surface area contributed by atoms with E-state index in [1.165, 1.54) is 17.1 Å². The zero-order chi connectivity index (χ0) is 15.3. The normalized spacial score (nSPS) is 19.5. The number of aryl methyl sites for hydroxylation is 1. The van der Waals surface area contributed by atoms with E-state index < -0.39 is 16.0 Å². The molecule has 1 aliphatic heterocycles. The number of rotatable bonds is 7. The minimum Gasteiger partial charge on any atom is -0.481 e. The Labute approximate surface area is 123 Å². The summed E-state index contributed by atoms with van der Waals surface area (Å²) in [5.41, 5.74) is 0. The van der Waals surface area contributed by atoms with E-state index in [0.717, 1.165) is 19.4 Å². The van der Waals surface area contributed by atoms with Gasteiger partial charge in [-0.05, 0) is 18.8 Å². The molecule has 9 heteroatoms. The van der Waals surface area contributed by atoms with E-state index in [-0.39, 0.29) is 23.8 Å². The number of sulfonamides is 1. The minimum absolute atomic E-state index is 0.0459. The van der Waals surface area contributed by atoms with E-state index in [9.17, 15) is 13.2 Å². The lowest BCUT2D eigenvalue weighted by Gasteiger charge is -2.21. The molecule has 1 saturated heterocycles. The lowest BCUT2D eigenvalue weighted by Crippen LogP contribution is -2.33. The first-order valence-electron chi connectivity index (χ1n) is 6.79.